The van der Waals surface area contributed by atoms with Crippen LogP contribution in [0.5, 0.6) is 5.75 Å². The van der Waals surface area contributed by atoms with Crippen LogP contribution in [0.25, 0.3) is 16.8 Å². The lowest BCUT2D eigenvalue weighted by Gasteiger charge is -2.10. The topological polar surface area (TPSA) is 31.2 Å². The van der Waals surface area contributed by atoms with E-state index in [9.17, 15) is 9.18 Å². The minimum atomic E-state index is -0.284. The van der Waals surface area contributed by atoms with Crippen LogP contribution in [0.4, 0.5) is 4.39 Å². The van der Waals surface area contributed by atoms with Gasteiger partial charge in [0, 0.05) is 18.0 Å². The van der Waals surface area contributed by atoms with Gasteiger partial charge >= 0.3 is 0 Å². The van der Waals surface area contributed by atoms with Gasteiger partial charge in [-0.1, -0.05) is 12.1 Å². The van der Waals surface area contributed by atoms with Crippen molar-refractivity contribution in [3.63, 3.8) is 0 Å². The Balaban J connectivity index is 2.00. The summed E-state index contributed by atoms with van der Waals surface area (Å²) in [6.07, 6.45) is 1.76. The number of aromatic nitrogens is 1. The lowest BCUT2D eigenvalue weighted by Crippen LogP contribution is -2.16. The van der Waals surface area contributed by atoms with Gasteiger partial charge in [-0.2, -0.15) is 0 Å². The molecule has 23 heavy (non-hydrogen) atoms. The highest BCUT2D eigenvalue weighted by Crippen LogP contribution is 2.20. The lowest BCUT2D eigenvalue weighted by molar-refractivity contribution is 0.340. The molecular weight excluding hydrogens is 293 g/mol. The second-order valence-corrected chi connectivity index (χ2v) is 5.06. The van der Waals surface area contributed by atoms with Crippen molar-refractivity contribution in [3.05, 3.63) is 83.0 Å². The predicted octanol–water partition coefficient (Wildman–Crippen LogP) is 4.04. The van der Waals surface area contributed by atoms with E-state index in [1.54, 1.807) is 29.0 Å². The molecule has 0 saturated heterocycles. The molecule has 1 heterocycles. The first-order valence-corrected chi connectivity index (χ1v) is 7.39. The molecular formula is C19H16FNO2. The molecule has 0 bridgehead atoms. The van der Waals surface area contributed by atoms with Crippen molar-refractivity contribution in [2.24, 2.45) is 0 Å². The van der Waals surface area contributed by atoms with Crippen LogP contribution in [0.2, 0.25) is 0 Å². The molecule has 0 aliphatic heterocycles. The molecule has 0 spiro atoms. The highest BCUT2D eigenvalue weighted by atomic mass is 19.1. The lowest BCUT2D eigenvalue weighted by atomic mass is 10.1. The van der Waals surface area contributed by atoms with E-state index < -0.39 is 0 Å². The number of rotatable bonds is 4. The first-order chi connectivity index (χ1) is 11.2. The Bertz CT molecular complexity index is 852. The molecule has 0 N–H and O–H groups in total. The molecule has 3 rings (SSSR count). The minimum absolute atomic E-state index is 0.125. The quantitative estimate of drug-likeness (QED) is 0.728. The Labute approximate surface area is 133 Å². The van der Waals surface area contributed by atoms with Gasteiger partial charge in [-0.05, 0) is 60.5 Å². The predicted molar refractivity (Wildman–Crippen MR) is 88.6 cm³/mol. The second kappa shape index (κ2) is 6.48. The molecule has 0 aliphatic carbocycles. The van der Waals surface area contributed by atoms with Crippen molar-refractivity contribution in [1.82, 2.24) is 4.57 Å². The summed E-state index contributed by atoms with van der Waals surface area (Å²) in [4.78, 5) is 12.1. The van der Waals surface area contributed by atoms with Crippen molar-refractivity contribution < 1.29 is 9.13 Å². The van der Waals surface area contributed by atoms with Crippen LogP contribution >= 0.6 is 0 Å². The Morgan fingerprint density at radius 1 is 0.913 bits per heavy atom. The summed E-state index contributed by atoms with van der Waals surface area (Å²) in [5.74, 6) is 0.479. The second-order valence-electron chi connectivity index (χ2n) is 5.06. The van der Waals surface area contributed by atoms with Crippen LogP contribution in [0.15, 0.2) is 71.7 Å². The van der Waals surface area contributed by atoms with E-state index in [2.05, 4.69) is 0 Å². The highest BCUT2D eigenvalue weighted by molar-refractivity contribution is 5.62. The van der Waals surface area contributed by atoms with Crippen LogP contribution in [-0.2, 0) is 0 Å². The Kier molecular flexibility index (Phi) is 4.24. The van der Waals surface area contributed by atoms with Crippen LogP contribution in [0, 0.1) is 5.82 Å². The molecule has 0 radical (unpaired) electrons. The maximum Gasteiger partial charge on any atom is 0.255 e. The Morgan fingerprint density at radius 2 is 1.57 bits per heavy atom. The van der Waals surface area contributed by atoms with Gasteiger partial charge in [0.25, 0.3) is 5.56 Å². The largest absolute Gasteiger partial charge is 0.494 e. The number of benzene rings is 2. The smallest absolute Gasteiger partial charge is 0.255 e. The van der Waals surface area contributed by atoms with Crippen molar-refractivity contribution in [2.45, 2.75) is 6.92 Å². The summed E-state index contributed by atoms with van der Waals surface area (Å²) >= 11 is 0. The average molecular weight is 309 g/mol. The van der Waals surface area contributed by atoms with Gasteiger partial charge in [0.15, 0.2) is 0 Å². The number of pyridine rings is 1. The van der Waals surface area contributed by atoms with Gasteiger partial charge in [-0.3, -0.25) is 9.36 Å². The molecule has 0 unspecified atom stereocenters. The van der Waals surface area contributed by atoms with Gasteiger partial charge in [0.05, 0.1) is 6.61 Å². The molecule has 1 aromatic heterocycles. The molecule has 4 heteroatoms. The van der Waals surface area contributed by atoms with Gasteiger partial charge in [0.1, 0.15) is 11.6 Å². The summed E-state index contributed by atoms with van der Waals surface area (Å²) in [7, 11) is 0. The standard InChI is InChI=1S/C19H16FNO2/c1-2-23-18-10-8-17(9-11-18)21-13-15(5-12-19(21)22)14-3-6-16(20)7-4-14/h3-13H,2H2,1H3. The highest BCUT2D eigenvalue weighted by Gasteiger charge is 2.04. The van der Waals surface area contributed by atoms with E-state index >= 15 is 0 Å². The molecule has 3 aromatic rings. The fraction of sp³-hybridized carbons (Fsp3) is 0.105. The summed E-state index contributed by atoms with van der Waals surface area (Å²) in [5, 5.41) is 0. The van der Waals surface area contributed by atoms with Gasteiger partial charge in [-0.15, -0.1) is 0 Å². The molecule has 0 atom stereocenters. The van der Waals surface area contributed by atoms with Crippen molar-refractivity contribution in [3.8, 4) is 22.6 Å². The number of halogens is 1. The van der Waals surface area contributed by atoms with Gasteiger partial charge < -0.3 is 4.74 Å². The summed E-state index contributed by atoms with van der Waals surface area (Å²) in [6, 6.07) is 16.8. The van der Waals surface area contributed by atoms with E-state index in [1.165, 1.54) is 18.2 Å². The SMILES string of the molecule is CCOc1ccc(-n2cc(-c3ccc(F)cc3)ccc2=O)cc1. The third kappa shape index (κ3) is 3.31. The fourth-order valence-corrected chi connectivity index (χ4v) is 2.37. The fourth-order valence-electron chi connectivity index (χ4n) is 2.37. The van der Waals surface area contributed by atoms with Crippen LogP contribution in [0.3, 0.4) is 0 Å². The number of hydrogen-bond donors (Lipinski definition) is 0. The molecule has 116 valence electrons. The van der Waals surface area contributed by atoms with Gasteiger partial charge in [-0.25, -0.2) is 4.39 Å². The maximum atomic E-state index is 13.0. The third-order valence-corrected chi connectivity index (χ3v) is 3.51. The zero-order valence-electron chi connectivity index (χ0n) is 12.7. The van der Waals surface area contributed by atoms with Crippen molar-refractivity contribution in [1.29, 1.82) is 0 Å². The Hall–Kier alpha value is -2.88. The third-order valence-electron chi connectivity index (χ3n) is 3.51. The molecule has 0 saturated carbocycles. The molecule has 0 fully saturated rings. The number of hydrogen-bond acceptors (Lipinski definition) is 2. The molecule has 3 nitrogen and oxygen atoms in total. The first kappa shape index (κ1) is 15.0. The summed E-state index contributed by atoms with van der Waals surface area (Å²) in [6.45, 7) is 2.52. The molecule has 2 aromatic carbocycles. The zero-order chi connectivity index (χ0) is 16.2. The number of ether oxygens (including phenoxy) is 1. The maximum absolute atomic E-state index is 13.0. The average Bonchev–Trinajstić information content (AvgIpc) is 2.57. The monoisotopic (exact) mass is 309 g/mol. The van der Waals surface area contributed by atoms with Crippen LogP contribution in [-0.4, -0.2) is 11.2 Å². The van der Waals surface area contributed by atoms with E-state index in [4.69, 9.17) is 4.74 Å². The normalized spacial score (nSPS) is 10.5. The number of nitrogens with zero attached hydrogens (tertiary/aromatic N) is 1. The summed E-state index contributed by atoms with van der Waals surface area (Å²) in [5.41, 5.74) is 2.33. The first-order valence-electron chi connectivity index (χ1n) is 7.39. The Morgan fingerprint density at radius 3 is 2.22 bits per heavy atom. The van der Waals surface area contributed by atoms with Crippen LogP contribution < -0.4 is 10.3 Å². The van der Waals surface area contributed by atoms with E-state index in [1.807, 2.05) is 31.2 Å². The van der Waals surface area contributed by atoms with Crippen molar-refractivity contribution in [2.75, 3.05) is 6.61 Å². The van der Waals surface area contributed by atoms with Gasteiger partial charge in [0.2, 0.25) is 0 Å². The van der Waals surface area contributed by atoms with Crippen molar-refractivity contribution >= 4 is 0 Å². The zero-order valence-corrected chi connectivity index (χ0v) is 12.7. The summed E-state index contributed by atoms with van der Waals surface area (Å²) < 4.78 is 20.0. The molecule has 0 aliphatic rings. The van der Waals surface area contributed by atoms with E-state index in [-0.39, 0.29) is 11.4 Å². The van der Waals surface area contributed by atoms with E-state index in [0.29, 0.717) is 6.61 Å². The minimum Gasteiger partial charge on any atom is -0.494 e. The van der Waals surface area contributed by atoms with Crippen LogP contribution in [0.1, 0.15) is 6.92 Å². The van der Waals surface area contributed by atoms with E-state index in [0.717, 1.165) is 22.6 Å². The molecule has 0 amide bonds.